The van der Waals surface area contributed by atoms with Crippen LogP contribution >= 0.6 is 11.6 Å². The molecule has 0 N–H and O–H groups in total. The van der Waals surface area contributed by atoms with Gasteiger partial charge in [-0.05, 0) is 61.3 Å². The summed E-state index contributed by atoms with van der Waals surface area (Å²) in [6.07, 6.45) is 13.1. The lowest BCUT2D eigenvalue weighted by atomic mass is 9.91. The zero-order valence-corrected chi connectivity index (χ0v) is 16.0. The van der Waals surface area contributed by atoms with E-state index in [-0.39, 0.29) is 0 Å². The van der Waals surface area contributed by atoms with Crippen LogP contribution in [0.25, 0.3) is 0 Å². The summed E-state index contributed by atoms with van der Waals surface area (Å²) in [5.74, 6) is 0.741. The summed E-state index contributed by atoms with van der Waals surface area (Å²) in [5.41, 5.74) is 2.82. The lowest BCUT2D eigenvalue weighted by Crippen LogP contribution is -2.08. The molecular formula is C23H27ClN2. The van der Waals surface area contributed by atoms with E-state index in [1.165, 1.54) is 36.8 Å². The molecule has 0 saturated heterocycles. The molecule has 0 fully saturated rings. The van der Waals surface area contributed by atoms with Gasteiger partial charge in [0.25, 0.3) is 0 Å². The first kappa shape index (κ1) is 18.7. The van der Waals surface area contributed by atoms with Gasteiger partial charge in [-0.2, -0.15) is 0 Å². The van der Waals surface area contributed by atoms with E-state index in [2.05, 4.69) is 58.2 Å². The van der Waals surface area contributed by atoms with E-state index in [1.54, 1.807) is 0 Å². The second-order valence-corrected chi connectivity index (χ2v) is 7.43. The molecular weight excluding hydrogens is 340 g/mol. The van der Waals surface area contributed by atoms with E-state index < -0.39 is 0 Å². The lowest BCUT2D eigenvalue weighted by molar-refractivity contribution is 0.383. The molecule has 2 aromatic carbocycles. The Morgan fingerprint density at radius 1 is 0.846 bits per heavy atom. The average Bonchev–Trinajstić information content (AvgIpc) is 3.19. The normalized spacial score (nSPS) is 12.2. The number of rotatable bonds is 10. The SMILES string of the molecule is Clc1ccc(CCCC(CCc2ccccc2)CCn2ccnc2)cc1. The van der Waals surface area contributed by atoms with E-state index in [1.807, 2.05) is 24.7 Å². The van der Waals surface area contributed by atoms with Crippen LogP contribution in [-0.2, 0) is 19.4 Å². The third-order valence-electron chi connectivity index (χ3n) is 5.03. The first-order valence-electron chi connectivity index (χ1n) is 9.54. The van der Waals surface area contributed by atoms with Gasteiger partial charge in [-0.3, -0.25) is 0 Å². The Morgan fingerprint density at radius 3 is 2.35 bits per heavy atom. The number of benzene rings is 2. The molecule has 3 aromatic rings. The molecule has 0 saturated carbocycles. The molecule has 0 amide bonds. The lowest BCUT2D eigenvalue weighted by Gasteiger charge is -2.17. The minimum atomic E-state index is 0.741. The molecule has 1 heterocycles. The van der Waals surface area contributed by atoms with Crippen molar-refractivity contribution in [3.05, 3.63) is 89.5 Å². The molecule has 1 aromatic heterocycles. The summed E-state index contributed by atoms with van der Waals surface area (Å²) in [6.45, 7) is 1.06. The van der Waals surface area contributed by atoms with Crippen molar-refractivity contribution in [3.63, 3.8) is 0 Å². The number of aromatic nitrogens is 2. The molecule has 136 valence electrons. The highest BCUT2D eigenvalue weighted by Gasteiger charge is 2.10. The molecule has 3 rings (SSSR count). The monoisotopic (exact) mass is 366 g/mol. The van der Waals surface area contributed by atoms with E-state index >= 15 is 0 Å². The molecule has 0 spiro atoms. The summed E-state index contributed by atoms with van der Waals surface area (Å²) in [4.78, 5) is 4.15. The van der Waals surface area contributed by atoms with Crippen molar-refractivity contribution in [2.24, 2.45) is 5.92 Å². The topological polar surface area (TPSA) is 17.8 Å². The predicted octanol–water partition coefficient (Wildman–Crippen LogP) is 6.20. The summed E-state index contributed by atoms with van der Waals surface area (Å²) in [7, 11) is 0. The van der Waals surface area contributed by atoms with Gasteiger partial charge in [0.15, 0.2) is 0 Å². The van der Waals surface area contributed by atoms with Crippen molar-refractivity contribution in [2.45, 2.75) is 45.1 Å². The van der Waals surface area contributed by atoms with E-state index in [9.17, 15) is 0 Å². The third kappa shape index (κ3) is 6.34. The molecule has 26 heavy (non-hydrogen) atoms. The molecule has 0 aliphatic rings. The summed E-state index contributed by atoms with van der Waals surface area (Å²) < 4.78 is 2.19. The van der Waals surface area contributed by atoms with Gasteiger partial charge in [-0.25, -0.2) is 4.98 Å². The fourth-order valence-electron chi connectivity index (χ4n) is 3.45. The second-order valence-electron chi connectivity index (χ2n) is 7.00. The second kappa shape index (κ2) is 10.2. The summed E-state index contributed by atoms with van der Waals surface area (Å²) in [5, 5.41) is 0.815. The molecule has 0 aliphatic heterocycles. The van der Waals surface area contributed by atoms with E-state index in [0.29, 0.717) is 0 Å². The quantitative estimate of drug-likeness (QED) is 0.417. The van der Waals surface area contributed by atoms with Crippen molar-refractivity contribution in [1.29, 1.82) is 0 Å². The van der Waals surface area contributed by atoms with Crippen LogP contribution in [0.2, 0.25) is 5.02 Å². The molecule has 1 atom stereocenters. The highest BCUT2D eigenvalue weighted by molar-refractivity contribution is 6.30. The van der Waals surface area contributed by atoms with E-state index in [0.717, 1.165) is 30.3 Å². The standard InChI is InChI=1S/C23H27ClN2/c24-23-13-11-21(12-14-23)7-4-8-22(15-17-26-18-16-25-19-26)10-9-20-5-2-1-3-6-20/h1-3,5-6,11-14,16,18-19,22H,4,7-10,15,17H2. The van der Waals surface area contributed by atoms with Gasteiger partial charge >= 0.3 is 0 Å². The van der Waals surface area contributed by atoms with Crippen LogP contribution in [-0.4, -0.2) is 9.55 Å². The zero-order valence-electron chi connectivity index (χ0n) is 15.2. The fraction of sp³-hybridized carbons (Fsp3) is 0.348. The van der Waals surface area contributed by atoms with Gasteiger partial charge in [0.05, 0.1) is 6.33 Å². The fourth-order valence-corrected chi connectivity index (χ4v) is 3.57. The van der Waals surface area contributed by atoms with Gasteiger partial charge < -0.3 is 4.57 Å². The molecule has 0 aliphatic carbocycles. The molecule has 0 radical (unpaired) electrons. The summed E-state index contributed by atoms with van der Waals surface area (Å²) >= 11 is 5.98. The predicted molar refractivity (Wildman–Crippen MR) is 109 cm³/mol. The largest absolute Gasteiger partial charge is 0.337 e. The van der Waals surface area contributed by atoms with Crippen LogP contribution in [0.5, 0.6) is 0 Å². The maximum absolute atomic E-state index is 5.98. The van der Waals surface area contributed by atoms with Gasteiger partial charge in [-0.1, -0.05) is 60.5 Å². The van der Waals surface area contributed by atoms with Crippen LogP contribution in [0.4, 0.5) is 0 Å². The molecule has 0 bridgehead atoms. The number of nitrogens with zero attached hydrogens (tertiary/aromatic N) is 2. The van der Waals surface area contributed by atoms with Crippen molar-refractivity contribution in [1.82, 2.24) is 9.55 Å². The van der Waals surface area contributed by atoms with Crippen LogP contribution in [0.3, 0.4) is 0 Å². The van der Waals surface area contributed by atoms with Crippen LogP contribution in [0.1, 0.15) is 36.8 Å². The number of halogens is 1. The number of hydrogen-bond donors (Lipinski definition) is 0. The molecule has 2 nitrogen and oxygen atoms in total. The van der Waals surface area contributed by atoms with Crippen molar-refractivity contribution in [2.75, 3.05) is 0 Å². The Hall–Kier alpha value is -2.06. The van der Waals surface area contributed by atoms with Crippen LogP contribution < -0.4 is 0 Å². The maximum atomic E-state index is 5.98. The number of imidazole rings is 1. The first-order chi connectivity index (χ1) is 12.8. The highest BCUT2D eigenvalue weighted by atomic mass is 35.5. The van der Waals surface area contributed by atoms with E-state index in [4.69, 9.17) is 11.6 Å². The number of aryl methyl sites for hydroxylation is 3. The highest BCUT2D eigenvalue weighted by Crippen LogP contribution is 2.21. The minimum Gasteiger partial charge on any atom is -0.337 e. The van der Waals surface area contributed by atoms with Gasteiger partial charge in [0.1, 0.15) is 0 Å². The Balaban J connectivity index is 1.50. The average molecular weight is 367 g/mol. The van der Waals surface area contributed by atoms with Crippen molar-refractivity contribution >= 4 is 11.6 Å². The first-order valence-corrected chi connectivity index (χ1v) is 9.91. The number of hydrogen-bond acceptors (Lipinski definition) is 1. The Bertz CT molecular complexity index is 736. The third-order valence-corrected chi connectivity index (χ3v) is 5.28. The van der Waals surface area contributed by atoms with Crippen molar-refractivity contribution < 1.29 is 0 Å². The summed E-state index contributed by atoms with van der Waals surface area (Å²) in [6, 6.07) is 19.1. The van der Waals surface area contributed by atoms with Gasteiger partial charge in [0.2, 0.25) is 0 Å². The Labute approximate surface area is 161 Å². The minimum absolute atomic E-state index is 0.741. The molecule has 3 heteroatoms. The molecule has 1 unspecified atom stereocenters. The van der Waals surface area contributed by atoms with Gasteiger partial charge in [-0.15, -0.1) is 0 Å². The van der Waals surface area contributed by atoms with Crippen LogP contribution in [0, 0.1) is 5.92 Å². The smallest absolute Gasteiger partial charge is 0.0945 e. The van der Waals surface area contributed by atoms with Gasteiger partial charge in [0, 0.05) is 24.0 Å². The van der Waals surface area contributed by atoms with Crippen LogP contribution in [0.15, 0.2) is 73.3 Å². The zero-order chi connectivity index (χ0) is 18.0. The maximum Gasteiger partial charge on any atom is 0.0945 e. The Kier molecular flexibility index (Phi) is 7.33. The Morgan fingerprint density at radius 2 is 1.62 bits per heavy atom. The van der Waals surface area contributed by atoms with Crippen molar-refractivity contribution in [3.8, 4) is 0 Å².